The Bertz CT molecular complexity index is 2820. The van der Waals surface area contributed by atoms with Crippen LogP contribution in [0.15, 0.2) is 162 Å². The van der Waals surface area contributed by atoms with Crippen LogP contribution in [0.5, 0.6) is 0 Å². The molecule has 0 aliphatic rings. The topological polar surface area (TPSA) is 64.7 Å². The maximum absolute atomic E-state index is 13.4. The minimum Gasteiger partial charge on any atom is -0.452 e. The Balaban J connectivity index is 1.22. The van der Waals surface area contributed by atoms with Crippen molar-refractivity contribution in [3.63, 3.8) is 0 Å². The zero-order valence-corrected chi connectivity index (χ0v) is 29.0. The third kappa shape index (κ3) is 6.16. The average molecular weight is 731 g/mol. The zero-order valence-electron chi connectivity index (χ0n) is 28.2. The van der Waals surface area contributed by atoms with Gasteiger partial charge in [0.2, 0.25) is 0 Å². The second-order valence-electron chi connectivity index (χ2n) is 12.7. The third-order valence-corrected chi connectivity index (χ3v) is 9.58. The van der Waals surface area contributed by atoms with E-state index >= 15 is 0 Å². The summed E-state index contributed by atoms with van der Waals surface area (Å²) in [6, 6.07) is 47.4. The number of rotatable bonds is 6. The fourth-order valence-electron chi connectivity index (χ4n) is 6.60. The molecule has 0 spiro atoms. The lowest BCUT2D eigenvalue weighted by atomic mass is 9.94. The number of benzene rings is 6. The molecule has 3 heterocycles. The normalized spacial score (nSPS) is 11.7. The van der Waals surface area contributed by atoms with Crippen molar-refractivity contribution in [1.29, 1.82) is 0 Å². The molecule has 0 saturated carbocycles. The van der Waals surface area contributed by atoms with Crippen LogP contribution in [0.25, 0.3) is 89.7 Å². The Hall–Kier alpha value is -6.64. The van der Waals surface area contributed by atoms with Gasteiger partial charge in [0.05, 0.1) is 22.0 Å². The molecule has 3 aromatic heterocycles. The highest BCUT2D eigenvalue weighted by molar-refractivity contribution is 6.33. The Kier molecular flexibility index (Phi) is 8.24. The lowest BCUT2D eigenvalue weighted by Crippen LogP contribution is -2.04. The van der Waals surface area contributed by atoms with Crippen molar-refractivity contribution in [1.82, 2.24) is 19.9 Å². The van der Waals surface area contributed by atoms with Gasteiger partial charge in [-0.2, -0.15) is 13.2 Å². The van der Waals surface area contributed by atoms with E-state index in [0.29, 0.717) is 61.6 Å². The number of hydrogen-bond acceptors (Lipinski definition) is 5. The van der Waals surface area contributed by atoms with Crippen LogP contribution in [0.2, 0.25) is 5.02 Å². The number of hydrogen-bond donors (Lipinski definition) is 0. The standard InChI is InChI=1S/C45H26ClF3N4O/c46-36-24-21-30(25-35(36)38-26-37(27-19-22-31(23-20-27)45(47,48)49)50-43(51-38)28-11-3-1-4-12-28)32-15-7-8-16-33(32)40-42-41(34-17-9-10-18-39(34)54-42)53-44(52-40)29-13-5-2-6-14-29/h1-26H. The zero-order chi connectivity index (χ0) is 36.8. The molecule has 0 bridgehead atoms. The molecule has 0 aliphatic heterocycles. The fraction of sp³-hybridized carbons (Fsp3) is 0.0222. The highest BCUT2D eigenvalue weighted by atomic mass is 35.5. The molecule has 6 aromatic carbocycles. The van der Waals surface area contributed by atoms with E-state index in [1.165, 1.54) is 12.1 Å². The van der Waals surface area contributed by atoms with Gasteiger partial charge in [0.15, 0.2) is 17.2 Å². The molecule has 54 heavy (non-hydrogen) atoms. The number of para-hydroxylation sites is 1. The van der Waals surface area contributed by atoms with Gasteiger partial charge in [0, 0.05) is 33.2 Å². The van der Waals surface area contributed by atoms with Gasteiger partial charge in [-0.3, -0.25) is 0 Å². The van der Waals surface area contributed by atoms with Gasteiger partial charge in [0.1, 0.15) is 16.8 Å². The first-order valence-corrected chi connectivity index (χ1v) is 17.4. The molecule has 0 aliphatic carbocycles. The van der Waals surface area contributed by atoms with Crippen LogP contribution < -0.4 is 0 Å². The third-order valence-electron chi connectivity index (χ3n) is 9.25. The number of nitrogens with zero attached hydrogens (tertiary/aromatic N) is 4. The summed E-state index contributed by atoms with van der Waals surface area (Å²) in [6.45, 7) is 0. The molecule has 0 unspecified atom stereocenters. The van der Waals surface area contributed by atoms with Crippen molar-refractivity contribution in [2.45, 2.75) is 6.18 Å². The molecule has 0 atom stereocenters. The molecule has 5 nitrogen and oxygen atoms in total. The maximum atomic E-state index is 13.4. The van der Waals surface area contributed by atoms with Crippen LogP contribution in [0.1, 0.15) is 5.56 Å². The second kappa shape index (κ2) is 13.4. The molecular weight excluding hydrogens is 705 g/mol. The summed E-state index contributed by atoms with van der Waals surface area (Å²) < 4.78 is 46.7. The summed E-state index contributed by atoms with van der Waals surface area (Å²) >= 11 is 6.93. The summed E-state index contributed by atoms with van der Waals surface area (Å²) in [5.41, 5.74) is 8.15. The Morgan fingerprint density at radius 3 is 1.78 bits per heavy atom. The Morgan fingerprint density at radius 1 is 0.481 bits per heavy atom. The van der Waals surface area contributed by atoms with Gasteiger partial charge in [-0.1, -0.05) is 127 Å². The molecule has 0 N–H and O–H groups in total. The number of alkyl halides is 3. The van der Waals surface area contributed by atoms with Crippen LogP contribution in [0.4, 0.5) is 13.2 Å². The number of aromatic nitrogens is 4. The van der Waals surface area contributed by atoms with Gasteiger partial charge in [-0.25, -0.2) is 19.9 Å². The van der Waals surface area contributed by atoms with Crippen LogP contribution in [0, 0.1) is 0 Å². The van der Waals surface area contributed by atoms with Crippen LogP contribution in [-0.4, -0.2) is 19.9 Å². The van der Waals surface area contributed by atoms with Crippen LogP contribution >= 0.6 is 11.6 Å². The van der Waals surface area contributed by atoms with Gasteiger partial charge in [-0.05, 0) is 53.6 Å². The molecule has 9 rings (SSSR count). The second-order valence-corrected chi connectivity index (χ2v) is 13.1. The quantitative estimate of drug-likeness (QED) is 0.170. The minimum absolute atomic E-state index is 0.409. The highest BCUT2D eigenvalue weighted by Crippen LogP contribution is 2.41. The Morgan fingerprint density at radius 2 is 1.07 bits per heavy atom. The lowest BCUT2D eigenvalue weighted by molar-refractivity contribution is -0.137. The molecular formula is C45H26ClF3N4O. The van der Waals surface area contributed by atoms with E-state index in [-0.39, 0.29) is 0 Å². The smallest absolute Gasteiger partial charge is 0.416 e. The van der Waals surface area contributed by atoms with E-state index in [2.05, 4.69) is 0 Å². The first-order valence-electron chi connectivity index (χ1n) is 17.1. The monoisotopic (exact) mass is 730 g/mol. The van der Waals surface area contributed by atoms with E-state index in [1.807, 2.05) is 127 Å². The van der Waals surface area contributed by atoms with Crippen LogP contribution in [0.3, 0.4) is 0 Å². The molecule has 0 amide bonds. The van der Waals surface area contributed by atoms with E-state index in [4.69, 9.17) is 36.0 Å². The Labute approximate surface area is 312 Å². The minimum atomic E-state index is -4.46. The average Bonchev–Trinajstić information content (AvgIpc) is 3.60. The van der Waals surface area contributed by atoms with Crippen molar-refractivity contribution in [2.24, 2.45) is 0 Å². The molecule has 9 aromatic rings. The summed E-state index contributed by atoms with van der Waals surface area (Å²) in [5, 5.41) is 1.34. The fourth-order valence-corrected chi connectivity index (χ4v) is 6.81. The van der Waals surface area contributed by atoms with Crippen molar-refractivity contribution in [3.8, 4) is 67.7 Å². The summed E-state index contributed by atoms with van der Waals surface area (Å²) in [4.78, 5) is 19.8. The highest BCUT2D eigenvalue weighted by Gasteiger charge is 2.30. The van der Waals surface area contributed by atoms with Crippen molar-refractivity contribution >= 4 is 33.7 Å². The number of halogens is 4. The van der Waals surface area contributed by atoms with Gasteiger partial charge in [0.25, 0.3) is 0 Å². The predicted octanol–water partition coefficient (Wildman–Crippen LogP) is 12.8. The molecule has 0 fully saturated rings. The predicted molar refractivity (Wildman–Crippen MR) is 208 cm³/mol. The summed E-state index contributed by atoms with van der Waals surface area (Å²) in [5.74, 6) is 0.980. The van der Waals surface area contributed by atoms with Gasteiger partial charge < -0.3 is 4.42 Å². The SMILES string of the molecule is FC(F)(F)c1ccc(-c2cc(-c3cc(-c4ccccc4-c4nc(-c5ccccc5)nc5c4oc4ccccc45)ccc3Cl)nc(-c3ccccc3)n2)cc1. The number of fused-ring (bicyclic) bond motifs is 3. The molecule has 9 heteroatoms. The first-order chi connectivity index (χ1) is 26.3. The van der Waals surface area contributed by atoms with Crippen molar-refractivity contribution in [2.75, 3.05) is 0 Å². The van der Waals surface area contributed by atoms with Crippen molar-refractivity contribution < 1.29 is 17.6 Å². The van der Waals surface area contributed by atoms with E-state index in [1.54, 1.807) is 6.07 Å². The van der Waals surface area contributed by atoms with Gasteiger partial charge in [-0.15, -0.1) is 0 Å². The van der Waals surface area contributed by atoms with Crippen LogP contribution in [-0.2, 0) is 6.18 Å². The largest absolute Gasteiger partial charge is 0.452 e. The molecule has 0 saturated heterocycles. The summed E-state index contributed by atoms with van der Waals surface area (Å²) in [7, 11) is 0. The number of furan rings is 1. The molecule has 0 radical (unpaired) electrons. The van der Waals surface area contributed by atoms with Crippen molar-refractivity contribution in [3.05, 3.63) is 168 Å². The first kappa shape index (κ1) is 33.2. The molecule has 260 valence electrons. The lowest BCUT2D eigenvalue weighted by Gasteiger charge is -2.14. The van der Waals surface area contributed by atoms with E-state index in [9.17, 15) is 13.2 Å². The van der Waals surface area contributed by atoms with E-state index < -0.39 is 11.7 Å². The van der Waals surface area contributed by atoms with Gasteiger partial charge >= 0.3 is 6.18 Å². The summed E-state index contributed by atoms with van der Waals surface area (Å²) in [6.07, 6.45) is -4.46. The van der Waals surface area contributed by atoms with E-state index in [0.717, 1.165) is 45.3 Å². The maximum Gasteiger partial charge on any atom is 0.416 e.